The van der Waals surface area contributed by atoms with Crippen LogP contribution >= 0.6 is 0 Å². The van der Waals surface area contributed by atoms with Gasteiger partial charge in [-0.2, -0.15) is 0 Å². The van der Waals surface area contributed by atoms with Crippen molar-refractivity contribution < 1.29 is 34.6 Å². The summed E-state index contributed by atoms with van der Waals surface area (Å²) in [6.07, 6.45) is 0. The van der Waals surface area contributed by atoms with Gasteiger partial charge in [0.2, 0.25) is 0 Å². The predicted octanol–water partition coefficient (Wildman–Crippen LogP) is 16.2. The summed E-state index contributed by atoms with van der Waals surface area (Å²) in [5.74, 6) is 0. The highest BCUT2D eigenvalue weighted by atomic mass is 16.3. The molecule has 1 heterocycles. The van der Waals surface area contributed by atoms with Gasteiger partial charge in [-0.05, 0) is 108 Å². The molecule has 0 saturated carbocycles. The standard InChI is InChI=1S/C57H39NO/c1-57(2)49-25-11-9-20-44(49)46-23-13-26-50(56(46)57)58(51-35-38-16-4-5-17-40(38)43-19-7-8-21-45(43)51)39-32-29-37(30-33-39)42-34-31-36-15-3-6-18-41(36)54(42)48-24-14-28-53-55(48)47-22-10-12-27-52(47)59-53/h3-35H,1-2H3/i1D3,2D3,4D,5D,7D,8D,9D,11D,13D,16D,17D,19D,20D,21D,23D,25D,26D,35D. The molecule has 0 radical (unpaired) electrons. The van der Waals surface area contributed by atoms with Crippen molar-refractivity contribution in [3.63, 3.8) is 0 Å². The lowest BCUT2D eigenvalue weighted by Gasteiger charge is -2.33. The lowest BCUT2D eigenvalue weighted by atomic mass is 9.81. The molecule has 0 amide bonds. The molecular weight excluding hydrogens is 715 g/mol. The Kier molecular flexibility index (Phi) is 4.00. The van der Waals surface area contributed by atoms with Crippen molar-refractivity contribution in [2.24, 2.45) is 0 Å². The van der Waals surface area contributed by atoms with E-state index < -0.39 is 171 Å². The van der Waals surface area contributed by atoms with E-state index in [9.17, 15) is 20.6 Å². The molecule has 0 aliphatic heterocycles. The Labute approximate surface area is 374 Å². The summed E-state index contributed by atoms with van der Waals surface area (Å²) in [5.41, 5.74) is -4.92. The van der Waals surface area contributed by atoms with Gasteiger partial charge >= 0.3 is 0 Å². The molecule has 0 spiro atoms. The van der Waals surface area contributed by atoms with Gasteiger partial charge in [-0.25, -0.2) is 0 Å². The molecule has 1 aliphatic carbocycles. The summed E-state index contributed by atoms with van der Waals surface area (Å²) < 4.78 is 210. The van der Waals surface area contributed by atoms with E-state index in [2.05, 4.69) is 0 Å². The van der Waals surface area contributed by atoms with Crippen molar-refractivity contribution in [2.45, 2.75) is 19.1 Å². The van der Waals surface area contributed by atoms with Crippen LogP contribution in [0.4, 0.5) is 17.1 Å². The van der Waals surface area contributed by atoms with Crippen LogP contribution < -0.4 is 4.90 Å². The molecule has 11 aromatic rings. The van der Waals surface area contributed by atoms with E-state index in [-0.39, 0.29) is 5.69 Å². The smallest absolute Gasteiger partial charge is 0.136 e. The summed E-state index contributed by atoms with van der Waals surface area (Å²) in [5, 5.41) is 1.10. The average Bonchev–Trinajstić information content (AvgIpc) is 1.95. The Morgan fingerprint density at radius 2 is 1.22 bits per heavy atom. The van der Waals surface area contributed by atoms with Crippen molar-refractivity contribution in [1.82, 2.24) is 0 Å². The molecule has 0 fully saturated rings. The van der Waals surface area contributed by atoms with Gasteiger partial charge in [0.05, 0.1) is 33.3 Å². The van der Waals surface area contributed by atoms with Crippen LogP contribution in [0.2, 0.25) is 0 Å². The zero-order valence-electron chi connectivity index (χ0n) is 52.7. The molecule has 0 bridgehead atoms. The Bertz CT molecular complexity index is 4620. The highest BCUT2D eigenvalue weighted by Gasteiger charge is 2.39. The minimum Gasteiger partial charge on any atom is -0.456 e. The number of para-hydroxylation sites is 1. The van der Waals surface area contributed by atoms with E-state index in [1.165, 1.54) is 12.1 Å². The minimum absolute atomic E-state index is 0.209. The van der Waals surface area contributed by atoms with Crippen molar-refractivity contribution in [2.75, 3.05) is 4.90 Å². The second kappa shape index (κ2) is 12.8. The summed E-state index contributed by atoms with van der Waals surface area (Å²) in [7, 11) is 0. The Morgan fingerprint density at radius 3 is 2.10 bits per heavy atom. The van der Waals surface area contributed by atoms with E-state index in [0.717, 1.165) is 37.6 Å². The van der Waals surface area contributed by atoms with Gasteiger partial charge in [-0.3, -0.25) is 0 Å². The third-order valence-electron chi connectivity index (χ3n) is 11.1. The van der Waals surface area contributed by atoms with Crippen LogP contribution in [-0.2, 0) is 5.41 Å². The molecule has 278 valence electrons. The van der Waals surface area contributed by atoms with Crippen LogP contribution in [0.3, 0.4) is 0 Å². The molecule has 0 unspecified atom stereocenters. The first-order chi connectivity index (χ1) is 38.2. The lowest BCUT2D eigenvalue weighted by Crippen LogP contribution is -2.20. The van der Waals surface area contributed by atoms with Crippen LogP contribution in [0.25, 0.3) is 87.6 Å². The van der Waals surface area contributed by atoms with E-state index in [0.29, 0.717) is 22.3 Å². The first-order valence-corrected chi connectivity index (χ1v) is 18.7. The molecule has 0 N–H and O–H groups in total. The fourth-order valence-electron chi connectivity index (χ4n) is 8.59. The minimum atomic E-state index is -3.88. The van der Waals surface area contributed by atoms with Crippen molar-refractivity contribution in [3.8, 4) is 33.4 Å². The fourth-order valence-corrected chi connectivity index (χ4v) is 8.59. The first-order valence-electron chi connectivity index (χ1n) is 29.7. The van der Waals surface area contributed by atoms with Gasteiger partial charge in [-0.15, -0.1) is 0 Å². The molecule has 1 aromatic heterocycles. The predicted molar refractivity (Wildman–Crippen MR) is 249 cm³/mol. The number of rotatable bonds is 5. The van der Waals surface area contributed by atoms with Crippen LogP contribution in [0.1, 0.15) is 55.0 Å². The van der Waals surface area contributed by atoms with Gasteiger partial charge in [0.15, 0.2) is 0 Å². The SMILES string of the molecule is [2H]c1c([2H])c([2H])c2c(c1[2H])-c1c([2H])c([2H])c([2H])c(N(c3ccc(-c4ccc5ccccc5c4-c4cccc5oc6ccccc6c45)cc3)c3c([2H])c4c([2H])c([2H])c([2H])c([2H])c4c4c([2H])c([2H])c([2H])c([2H])c34)c1C2(C([2H])([2H])[2H])C([2H])([2H])[2H]. The molecule has 2 nitrogen and oxygen atoms in total. The van der Waals surface area contributed by atoms with Crippen LogP contribution in [0.5, 0.6) is 0 Å². The molecule has 59 heavy (non-hydrogen) atoms. The van der Waals surface area contributed by atoms with Gasteiger partial charge in [0, 0.05) is 35.5 Å². The summed E-state index contributed by atoms with van der Waals surface area (Å²) in [6, 6.07) is 16.1. The highest BCUT2D eigenvalue weighted by Crippen LogP contribution is 2.55. The molecule has 12 rings (SSSR count). The number of fused-ring (bicyclic) bond motifs is 10. The first kappa shape index (κ1) is 18.4. The number of furan rings is 1. The van der Waals surface area contributed by atoms with E-state index >= 15 is 0 Å². The van der Waals surface area contributed by atoms with Crippen LogP contribution in [0, 0.1) is 0 Å². The maximum absolute atomic E-state index is 10.2. The normalized spacial score (nSPS) is 18.8. The average molecular weight is 776 g/mol. The van der Waals surface area contributed by atoms with Crippen molar-refractivity contribution in [3.05, 3.63) is 211 Å². The highest BCUT2D eigenvalue weighted by molar-refractivity contribution is 6.18. The molecule has 2 heteroatoms. The topological polar surface area (TPSA) is 16.4 Å². The number of hydrogen-bond donors (Lipinski definition) is 0. The van der Waals surface area contributed by atoms with Gasteiger partial charge in [-0.1, -0.05) is 177 Å². The number of nitrogens with zero attached hydrogens (tertiary/aromatic N) is 1. The number of anilines is 3. The maximum atomic E-state index is 10.2. The zero-order chi connectivity index (χ0) is 58.2. The number of benzene rings is 10. The summed E-state index contributed by atoms with van der Waals surface area (Å²) in [6.45, 7) is -7.76. The molecule has 0 atom stereocenters. The largest absolute Gasteiger partial charge is 0.456 e. The maximum Gasteiger partial charge on any atom is 0.136 e. The lowest BCUT2D eigenvalue weighted by molar-refractivity contribution is 0.661. The summed E-state index contributed by atoms with van der Waals surface area (Å²) >= 11 is 0. The monoisotopic (exact) mass is 775 g/mol. The van der Waals surface area contributed by atoms with E-state index in [4.69, 9.17) is 14.0 Å². The Balaban J connectivity index is 1.28. The van der Waals surface area contributed by atoms with Crippen LogP contribution in [-0.4, -0.2) is 0 Å². The quantitative estimate of drug-likeness (QED) is 0.162. The van der Waals surface area contributed by atoms with E-state index in [1.807, 2.05) is 78.9 Å². The Hall–Kier alpha value is -7.42. The Morgan fingerprint density at radius 1 is 0.492 bits per heavy atom. The second-order valence-electron chi connectivity index (χ2n) is 14.3. The van der Waals surface area contributed by atoms with Crippen LogP contribution in [0.15, 0.2) is 204 Å². The van der Waals surface area contributed by atoms with Gasteiger partial charge in [0.1, 0.15) is 11.2 Å². The molecule has 0 saturated heterocycles. The van der Waals surface area contributed by atoms with Crippen molar-refractivity contribution >= 4 is 71.3 Å². The van der Waals surface area contributed by atoms with E-state index in [1.54, 1.807) is 12.1 Å². The summed E-state index contributed by atoms with van der Waals surface area (Å²) in [4.78, 5) is 0.919. The molecule has 1 aliphatic rings. The van der Waals surface area contributed by atoms with Gasteiger partial charge < -0.3 is 9.32 Å². The third-order valence-corrected chi connectivity index (χ3v) is 11.1. The zero-order valence-corrected chi connectivity index (χ0v) is 30.7. The number of hydrogen-bond acceptors (Lipinski definition) is 2. The van der Waals surface area contributed by atoms with Crippen molar-refractivity contribution in [1.29, 1.82) is 0 Å². The fraction of sp³-hybridized carbons (Fsp3) is 0.0526. The molecular formula is C57H39NO. The molecule has 10 aromatic carbocycles. The third kappa shape index (κ3) is 5.00. The van der Waals surface area contributed by atoms with Gasteiger partial charge in [0.25, 0.3) is 0 Å². The second-order valence-corrected chi connectivity index (χ2v) is 14.3.